The van der Waals surface area contributed by atoms with Crippen LogP contribution in [0.1, 0.15) is 43.4 Å². The summed E-state index contributed by atoms with van der Waals surface area (Å²) in [5.41, 5.74) is 2.65. The van der Waals surface area contributed by atoms with Gasteiger partial charge in [0.2, 0.25) is 0 Å². The lowest BCUT2D eigenvalue weighted by molar-refractivity contribution is 0.0276. The van der Waals surface area contributed by atoms with Gasteiger partial charge in [0.15, 0.2) is 0 Å². The zero-order chi connectivity index (χ0) is 12.3. The van der Waals surface area contributed by atoms with E-state index in [1.807, 2.05) is 0 Å². The molecule has 2 unspecified atom stereocenters. The van der Waals surface area contributed by atoms with E-state index in [-0.39, 0.29) is 6.10 Å². The molecule has 1 N–H and O–H groups in total. The van der Waals surface area contributed by atoms with Gasteiger partial charge in [0.1, 0.15) is 0 Å². The number of ether oxygens (including phenoxy) is 1. The maximum atomic E-state index is 5.76. The molecule has 1 aliphatic heterocycles. The van der Waals surface area contributed by atoms with Crippen LogP contribution in [0.25, 0.3) is 0 Å². The van der Waals surface area contributed by atoms with Crippen LogP contribution in [0.15, 0.2) is 22.7 Å². The molecule has 1 heterocycles. The van der Waals surface area contributed by atoms with Crippen LogP contribution < -0.4 is 5.32 Å². The second kappa shape index (κ2) is 5.98. The molecule has 2 nitrogen and oxygen atoms in total. The van der Waals surface area contributed by atoms with Gasteiger partial charge in [-0.2, -0.15) is 0 Å². The van der Waals surface area contributed by atoms with Crippen molar-refractivity contribution in [2.45, 2.75) is 32.3 Å². The fourth-order valence-electron chi connectivity index (χ4n) is 2.14. The van der Waals surface area contributed by atoms with E-state index in [0.717, 1.165) is 19.7 Å². The van der Waals surface area contributed by atoms with Gasteiger partial charge in [0.05, 0.1) is 12.7 Å². The summed E-state index contributed by atoms with van der Waals surface area (Å²) in [7, 11) is 0. The third-order valence-electron chi connectivity index (χ3n) is 3.47. The van der Waals surface area contributed by atoms with Crippen LogP contribution in [0.2, 0.25) is 0 Å². The maximum absolute atomic E-state index is 5.76. The van der Waals surface area contributed by atoms with Crippen LogP contribution in [0, 0.1) is 0 Å². The molecule has 0 radical (unpaired) electrons. The van der Waals surface area contributed by atoms with Gasteiger partial charge in [-0.3, -0.25) is 0 Å². The minimum absolute atomic E-state index is 0.200. The minimum atomic E-state index is 0.200. The fourth-order valence-corrected chi connectivity index (χ4v) is 2.93. The number of benzene rings is 1. The summed E-state index contributed by atoms with van der Waals surface area (Å²) in [4.78, 5) is 0. The molecule has 2 atom stereocenters. The smallest absolute Gasteiger partial charge is 0.0950 e. The van der Waals surface area contributed by atoms with Crippen molar-refractivity contribution < 1.29 is 4.74 Å². The highest BCUT2D eigenvalue weighted by atomic mass is 79.9. The number of hydrogen-bond acceptors (Lipinski definition) is 2. The highest BCUT2D eigenvalue weighted by Gasteiger charge is 2.17. The molecule has 0 bridgehead atoms. The average molecular weight is 298 g/mol. The Morgan fingerprint density at radius 3 is 2.94 bits per heavy atom. The van der Waals surface area contributed by atoms with Crippen molar-refractivity contribution in [1.82, 2.24) is 5.32 Å². The molecule has 1 saturated heterocycles. The van der Waals surface area contributed by atoms with E-state index in [1.165, 1.54) is 22.0 Å². The molecule has 0 aliphatic carbocycles. The van der Waals surface area contributed by atoms with E-state index >= 15 is 0 Å². The standard InChI is InChI=1S/C14H20BrNO/c1-3-10(2)12-5-4-11(8-13(12)15)14-9-16-6-7-17-14/h4-5,8,10,14,16H,3,6-7,9H2,1-2H3. The van der Waals surface area contributed by atoms with E-state index in [1.54, 1.807) is 0 Å². The number of halogens is 1. The largest absolute Gasteiger partial charge is 0.371 e. The highest BCUT2D eigenvalue weighted by Crippen LogP contribution is 2.30. The normalized spacial score (nSPS) is 22.4. The van der Waals surface area contributed by atoms with Crippen molar-refractivity contribution >= 4 is 15.9 Å². The van der Waals surface area contributed by atoms with Crippen molar-refractivity contribution in [1.29, 1.82) is 0 Å². The molecule has 1 aliphatic rings. The first kappa shape index (κ1) is 13.1. The molecular formula is C14H20BrNO. The lowest BCUT2D eigenvalue weighted by atomic mass is 9.96. The van der Waals surface area contributed by atoms with Gasteiger partial charge >= 0.3 is 0 Å². The summed E-state index contributed by atoms with van der Waals surface area (Å²) in [6.45, 7) is 7.16. The molecule has 1 aromatic rings. The molecule has 3 heteroatoms. The molecule has 0 spiro atoms. The molecule has 17 heavy (non-hydrogen) atoms. The highest BCUT2D eigenvalue weighted by molar-refractivity contribution is 9.10. The first-order chi connectivity index (χ1) is 8.22. The Kier molecular flexibility index (Phi) is 4.60. The van der Waals surface area contributed by atoms with Gasteiger partial charge in [-0.05, 0) is 29.5 Å². The van der Waals surface area contributed by atoms with E-state index < -0.39 is 0 Å². The molecular weight excluding hydrogens is 278 g/mol. The van der Waals surface area contributed by atoms with Crippen molar-refractivity contribution in [3.8, 4) is 0 Å². The predicted octanol–water partition coefficient (Wildman–Crippen LogP) is 3.62. The average Bonchev–Trinajstić information content (AvgIpc) is 2.39. The lowest BCUT2D eigenvalue weighted by Gasteiger charge is -2.24. The van der Waals surface area contributed by atoms with Gasteiger partial charge in [0.25, 0.3) is 0 Å². The van der Waals surface area contributed by atoms with Gasteiger partial charge in [0, 0.05) is 17.6 Å². The van der Waals surface area contributed by atoms with E-state index in [0.29, 0.717) is 5.92 Å². The summed E-state index contributed by atoms with van der Waals surface area (Å²) in [6.07, 6.45) is 1.37. The molecule has 94 valence electrons. The molecule has 0 aromatic heterocycles. The quantitative estimate of drug-likeness (QED) is 0.920. The van der Waals surface area contributed by atoms with Crippen LogP contribution in [-0.4, -0.2) is 19.7 Å². The predicted molar refractivity (Wildman–Crippen MR) is 74.4 cm³/mol. The number of nitrogens with one attached hydrogen (secondary N) is 1. The Morgan fingerprint density at radius 1 is 1.53 bits per heavy atom. The second-order valence-electron chi connectivity index (χ2n) is 4.65. The summed E-state index contributed by atoms with van der Waals surface area (Å²) in [5, 5.41) is 3.36. The molecule has 1 aromatic carbocycles. The molecule has 0 saturated carbocycles. The molecule has 0 amide bonds. The van der Waals surface area contributed by atoms with Crippen molar-refractivity contribution in [2.75, 3.05) is 19.7 Å². The van der Waals surface area contributed by atoms with Gasteiger partial charge in [-0.25, -0.2) is 0 Å². The van der Waals surface area contributed by atoms with Crippen LogP contribution >= 0.6 is 15.9 Å². The van der Waals surface area contributed by atoms with Crippen LogP contribution in [-0.2, 0) is 4.74 Å². The number of rotatable bonds is 3. The van der Waals surface area contributed by atoms with Crippen LogP contribution in [0.3, 0.4) is 0 Å². The Hall–Kier alpha value is -0.380. The van der Waals surface area contributed by atoms with Gasteiger partial charge in [-0.15, -0.1) is 0 Å². The Bertz CT molecular complexity index is 374. The second-order valence-corrected chi connectivity index (χ2v) is 5.51. The van der Waals surface area contributed by atoms with Crippen LogP contribution in [0.5, 0.6) is 0 Å². The summed E-state index contributed by atoms with van der Waals surface area (Å²) in [6, 6.07) is 6.63. The lowest BCUT2D eigenvalue weighted by Crippen LogP contribution is -2.33. The minimum Gasteiger partial charge on any atom is -0.371 e. The Balaban J connectivity index is 2.17. The van der Waals surface area contributed by atoms with E-state index in [9.17, 15) is 0 Å². The summed E-state index contributed by atoms with van der Waals surface area (Å²) < 4.78 is 6.97. The monoisotopic (exact) mass is 297 g/mol. The third kappa shape index (κ3) is 3.09. The van der Waals surface area contributed by atoms with Crippen LogP contribution in [0.4, 0.5) is 0 Å². The number of hydrogen-bond donors (Lipinski definition) is 1. The maximum Gasteiger partial charge on any atom is 0.0950 e. The summed E-state index contributed by atoms with van der Waals surface area (Å²) in [5.74, 6) is 0.601. The first-order valence-corrected chi connectivity index (χ1v) is 7.13. The van der Waals surface area contributed by atoms with Crippen molar-refractivity contribution in [2.24, 2.45) is 0 Å². The third-order valence-corrected chi connectivity index (χ3v) is 4.15. The zero-order valence-corrected chi connectivity index (χ0v) is 12.1. The Labute approximate surface area is 112 Å². The van der Waals surface area contributed by atoms with E-state index in [4.69, 9.17) is 4.74 Å². The fraction of sp³-hybridized carbons (Fsp3) is 0.571. The van der Waals surface area contributed by atoms with Gasteiger partial charge < -0.3 is 10.1 Å². The SMILES string of the molecule is CCC(C)c1ccc(C2CNCCO2)cc1Br. The van der Waals surface area contributed by atoms with Crippen molar-refractivity contribution in [3.63, 3.8) is 0 Å². The van der Waals surface area contributed by atoms with Crippen molar-refractivity contribution in [3.05, 3.63) is 33.8 Å². The Morgan fingerprint density at radius 2 is 2.35 bits per heavy atom. The topological polar surface area (TPSA) is 21.3 Å². The first-order valence-electron chi connectivity index (χ1n) is 6.34. The zero-order valence-electron chi connectivity index (χ0n) is 10.5. The van der Waals surface area contributed by atoms with Gasteiger partial charge in [-0.1, -0.05) is 41.9 Å². The number of morpholine rings is 1. The van der Waals surface area contributed by atoms with E-state index in [2.05, 4.69) is 53.3 Å². The molecule has 2 rings (SSSR count). The molecule has 1 fully saturated rings. The summed E-state index contributed by atoms with van der Waals surface area (Å²) >= 11 is 3.68.